The van der Waals surface area contributed by atoms with Crippen molar-refractivity contribution in [3.8, 4) is 5.75 Å². The van der Waals surface area contributed by atoms with Gasteiger partial charge in [-0.25, -0.2) is 5.10 Å². The number of halogens is 2. The van der Waals surface area contributed by atoms with Crippen LogP contribution in [0, 0.1) is 14.9 Å². The third-order valence-corrected chi connectivity index (χ3v) is 4.26. The van der Waals surface area contributed by atoms with Gasteiger partial charge in [-0.3, -0.25) is 10.1 Å². The molecule has 0 fully saturated rings. The number of rotatable bonds is 6. The number of nitrogens with zero attached hydrogens (tertiary/aromatic N) is 4. The lowest BCUT2D eigenvalue weighted by Gasteiger charge is -2.05. The molecule has 3 rings (SSSR count). The fourth-order valence-corrected chi connectivity index (χ4v) is 2.57. The fraction of sp³-hybridized carbons (Fsp3) is 0.0625. The largest absolute Gasteiger partial charge is 0.486 e. The van der Waals surface area contributed by atoms with E-state index < -0.39 is 4.92 Å². The number of hydrogen-bond acceptors (Lipinski definition) is 6. The maximum atomic E-state index is 10.9. The van der Waals surface area contributed by atoms with Gasteiger partial charge in [-0.15, -0.1) is 0 Å². The molecule has 0 saturated heterocycles. The van der Waals surface area contributed by atoms with Gasteiger partial charge in [0, 0.05) is 27.7 Å². The maximum Gasteiger partial charge on any atom is 0.270 e. The van der Waals surface area contributed by atoms with Crippen molar-refractivity contribution in [2.45, 2.75) is 6.61 Å². The van der Waals surface area contributed by atoms with Crippen LogP contribution in [0.1, 0.15) is 11.4 Å². The predicted molar refractivity (Wildman–Crippen MR) is 104 cm³/mol. The molecule has 1 N–H and O–H groups in total. The van der Waals surface area contributed by atoms with Crippen LogP contribution in [0.4, 0.5) is 5.69 Å². The molecule has 0 atom stereocenters. The molecule has 8 nitrogen and oxygen atoms in total. The summed E-state index contributed by atoms with van der Waals surface area (Å²) in [6.07, 6.45) is 1.37. The van der Waals surface area contributed by atoms with Gasteiger partial charge in [-0.2, -0.15) is 14.9 Å². The molecule has 1 heterocycles. The molecule has 0 aliphatic rings. The van der Waals surface area contributed by atoms with E-state index in [1.54, 1.807) is 24.3 Å². The van der Waals surface area contributed by atoms with Gasteiger partial charge in [0.25, 0.3) is 5.69 Å². The number of H-pyrrole nitrogens is 1. The normalized spacial score (nSPS) is 11.0. The minimum Gasteiger partial charge on any atom is -0.486 e. The van der Waals surface area contributed by atoms with Crippen LogP contribution in [-0.4, -0.2) is 26.0 Å². The molecule has 0 aliphatic heterocycles. The lowest BCUT2D eigenvalue weighted by molar-refractivity contribution is -0.384. The molecular formula is C16H11Cl2N5O3S. The highest BCUT2D eigenvalue weighted by Crippen LogP contribution is 2.21. The molecule has 0 aliphatic carbocycles. The number of non-ortho nitro benzene ring substituents is 1. The summed E-state index contributed by atoms with van der Waals surface area (Å²) < 4.78 is 7.22. The average molecular weight is 424 g/mol. The Morgan fingerprint density at radius 1 is 1.30 bits per heavy atom. The lowest BCUT2D eigenvalue weighted by Crippen LogP contribution is -2.04. The highest BCUT2D eigenvalue weighted by molar-refractivity contribution is 7.71. The van der Waals surface area contributed by atoms with Crippen molar-refractivity contribution in [3.63, 3.8) is 0 Å². The molecule has 0 unspecified atom stereocenters. The van der Waals surface area contributed by atoms with E-state index >= 15 is 0 Å². The first kappa shape index (κ1) is 19.0. The Balaban J connectivity index is 1.81. The Morgan fingerprint density at radius 2 is 2.04 bits per heavy atom. The van der Waals surface area contributed by atoms with E-state index in [4.69, 9.17) is 40.2 Å². The summed E-state index contributed by atoms with van der Waals surface area (Å²) >= 11 is 17.1. The van der Waals surface area contributed by atoms with Gasteiger partial charge in [0.2, 0.25) is 4.77 Å². The van der Waals surface area contributed by atoms with Gasteiger partial charge >= 0.3 is 0 Å². The van der Waals surface area contributed by atoms with Crippen molar-refractivity contribution in [1.82, 2.24) is 14.9 Å². The second-order valence-corrected chi connectivity index (χ2v) is 6.44. The van der Waals surface area contributed by atoms with Crippen LogP contribution in [0.2, 0.25) is 10.0 Å². The molecule has 27 heavy (non-hydrogen) atoms. The molecule has 0 radical (unpaired) electrons. The van der Waals surface area contributed by atoms with Gasteiger partial charge in [0.1, 0.15) is 12.4 Å². The standard InChI is InChI=1S/C16H11Cl2N5O3S/c17-11-1-4-13(5-2-11)26-9-15-20-21-16(27)22(15)19-8-10-7-12(23(24)25)3-6-14(10)18/h1-8H,9H2,(H,21,27)/b19-8+. The Hall–Kier alpha value is -2.75. The van der Waals surface area contributed by atoms with Crippen LogP contribution in [0.3, 0.4) is 0 Å². The second-order valence-electron chi connectivity index (χ2n) is 5.21. The summed E-state index contributed by atoms with van der Waals surface area (Å²) in [5.74, 6) is 1.01. The quantitative estimate of drug-likeness (QED) is 0.270. The van der Waals surface area contributed by atoms with Crippen LogP contribution in [0.25, 0.3) is 0 Å². The zero-order chi connectivity index (χ0) is 19.4. The predicted octanol–water partition coefficient (Wildman–Crippen LogP) is 4.62. The van der Waals surface area contributed by atoms with Crippen molar-refractivity contribution in [3.05, 3.63) is 78.8 Å². The summed E-state index contributed by atoms with van der Waals surface area (Å²) in [5.41, 5.74) is 0.279. The monoisotopic (exact) mass is 423 g/mol. The van der Waals surface area contributed by atoms with E-state index in [2.05, 4.69) is 15.3 Å². The summed E-state index contributed by atoms with van der Waals surface area (Å²) in [5, 5.41) is 22.7. The second kappa shape index (κ2) is 8.30. The molecule has 1 aromatic heterocycles. The smallest absolute Gasteiger partial charge is 0.270 e. The summed E-state index contributed by atoms with van der Waals surface area (Å²) in [6.45, 7) is 0.0920. The van der Waals surface area contributed by atoms with Crippen LogP contribution >= 0.6 is 35.4 Å². The van der Waals surface area contributed by atoms with E-state index in [0.717, 1.165) is 0 Å². The van der Waals surface area contributed by atoms with Gasteiger partial charge in [-0.05, 0) is 42.5 Å². The van der Waals surface area contributed by atoms with E-state index in [1.807, 2.05) is 0 Å². The van der Waals surface area contributed by atoms with Crippen molar-refractivity contribution >= 4 is 47.3 Å². The summed E-state index contributed by atoms with van der Waals surface area (Å²) in [4.78, 5) is 10.4. The topological polar surface area (TPSA) is 98.3 Å². The number of nitrogens with one attached hydrogen (secondary N) is 1. The summed E-state index contributed by atoms with van der Waals surface area (Å²) in [6, 6.07) is 10.9. The maximum absolute atomic E-state index is 10.9. The molecule has 0 amide bonds. The highest BCUT2D eigenvalue weighted by atomic mass is 35.5. The van der Waals surface area contributed by atoms with E-state index in [0.29, 0.717) is 27.2 Å². The Morgan fingerprint density at radius 3 is 2.74 bits per heavy atom. The first-order valence-corrected chi connectivity index (χ1v) is 8.63. The van der Waals surface area contributed by atoms with Gasteiger partial charge < -0.3 is 4.74 Å². The third kappa shape index (κ3) is 4.70. The lowest BCUT2D eigenvalue weighted by atomic mass is 10.2. The van der Waals surface area contributed by atoms with E-state index in [1.165, 1.54) is 29.1 Å². The van der Waals surface area contributed by atoms with Crippen LogP contribution in [0.5, 0.6) is 5.75 Å². The first-order valence-electron chi connectivity index (χ1n) is 7.47. The number of aromatic amines is 1. The number of ether oxygens (including phenoxy) is 1. The third-order valence-electron chi connectivity index (χ3n) is 3.40. The molecule has 0 saturated carbocycles. The minimum atomic E-state index is -0.511. The molecule has 0 bridgehead atoms. The molecule has 138 valence electrons. The molecule has 11 heteroatoms. The first-order chi connectivity index (χ1) is 12.9. The molecular weight excluding hydrogens is 413 g/mol. The Bertz CT molecular complexity index is 1060. The SMILES string of the molecule is O=[N+]([O-])c1ccc(Cl)c(/C=N/n2c(COc3ccc(Cl)cc3)n[nH]c2=S)c1. The molecule has 0 spiro atoms. The van der Waals surface area contributed by atoms with E-state index in [-0.39, 0.29) is 17.1 Å². The van der Waals surface area contributed by atoms with Crippen LogP contribution in [0.15, 0.2) is 47.6 Å². The van der Waals surface area contributed by atoms with Crippen LogP contribution < -0.4 is 4.74 Å². The van der Waals surface area contributed by atoms with Crippen LogP contribution in [-0.2, 0) is 6.61 Å². The highest BCUT2D eigenvalue weighted by Gasteiger charge is 2.10. The van der Waals surface area contributed by atoms with Gasteiger partial charge in [0.15, 0.2) is 5.82 Å². The number of aromatic nitrogens is 3. The van der Waals surface area contributed by atoms with Gasteiger partial charge in [0.05, 0.1) is 11.1 Å². The van der Waals surface area contributed by atoms with E-state index in [9.17, 15) is 10.1 Å². The number of nitro groups is 1. The van der Waals surface area contributed by atoms with Crippen molar-refractivity contribution < 1.29 is 9.66 Å². The Labute approximate surface area is 168 Å². The number of benzene rings is 2. The zero-order valence-electron chi connectivity index (χ0n) is 13.5. The molecule has 3 aromatic rings. The summed E-state index contributed by atoms with van der Waals surface area (Å²) in [7, 11) is 0. The molecule has 2 aromatic carbocycles. The van der Waals surface area contributed by atoms with Crippen molar-refractivity contribution in [2.24, 2.45) is 5.10 Å². The number of nitro benzene ring substituents is 1. The Kier molecular flexibility index (Phi) is 5.84. The zero-order valence-corrected chi connectivity index (χ0v) is 15.8. The van der Waals surface area contributed by atoms with Crippen molar-refractivity contribution in [2.75, 3.05) is 0 Å². The van der Waals surface area contributed by atoms with Gasteiger partial charge in [-0.1, -0.05) is 23.2 Å². The fourth-order valence-electron chi connectivity index (χ4n) is 2.08. The number of hydrogen-bond donors (Lipinski definition) is 1. The average Bonchev–Trinajstić information content (AvgIpc) is 3.00. The van der Waals surface area contributed by atoms with Crippen molar-refractivity contribution in [1.29, 1.82) is 0 Å². The minimum absolute atomic E-state index is 0.0920.